The smallest absolute Gasteiger partial charge is 0.194 e. The van der Waals surface area contributed by atoms with Crippen molar-refractivity contribution in [3.05, 3.63) is 65.7 Å². The van der Waals surface area contributed by atoms with Crippen LogP contribution in [0.25, 0.3) is 21.9 Å². The second-order valence-corrected chi connectivity index (χ2v) is 6.57. The van der Waals surface area contributed by atoms with Crippen LogP contribution in [0.15, 0.2) is 59.6 Å². The van der Waals surface area contributed by atoms with Crippen molar-refractivity contribution in [2.45, 2.75) is 20.8 Å². The quantitative estimate of drug-likeness (QED) is 0.367. The molecular formula is C23H22N2O. The molecule has 0 fully saturated rings. The van der Waals surface area contributed by atoms with E-state index < -0.39 is 0 Å². The average molecular weight is 342 g/mol. The maximum Gasteiger partial charge on any atom is 0.194 e. The first-order chi connectivity index (χ1) is 12.7. The summed E-state index contributed by atoms with van der Waals surface area (Å²) in [5.74, 6) is 1.10. The van der Waals surface area contributed by atoms with E-state index in [9.17, 15) is 4.79 Å². The van der Waals surface area contributed by atoms with Gasteiger partial charge in [-0.3, -0.25) is 4.79 Å². The molecule has 0 aliphatic heterocycles. The van der Waals surface area contributed by atoms with Gasteiger partial charge in [0.15, 0.2) is 5.78 Å². The Kier molecular flexibility index (Phi) is 4.08. The van der Waals surface area contributed by atoms with Crippen LogP contribution in [0.2, 0.25) is 0 Å². The zero-order valence-electron chi connectivity index (χ0n) is 15.4. The van der Waals surface area contributed by atoms with Gasteiger partial charge in [-0.1, -0.05) is 48.5 Å². The molecule has 3 heteroatoms. The van der Waals surface area contributed by atoms with Gasteiger partial charge in [-0.25, -0.2) is 4.99 Å². The van der Waals surface area contributed by atoms with Crippen LogP contribution in [-0.2, 0) is 0 Å². The normalized spacial score (nSPS) is 13.0. The number of carbonyl (C=O) groups excluding carboxylic acids is 1. The van der Waals surface area contributed by atoms with Crippen LogP contribution in [0.4, 0.5) is 5.69 Å². The average Bonchev–Trinajstić information content (AvgIpc) is 2.68. The van der Waals surface area contributed by atoms with Crippen LogP contribution in [0.5, 0.6) is 0 Å². The third kappa shape index (κ3) is 2.43. The summed E-state index contributed by atoms with van der Waals surface area (Å²) < 4.78 is 0. The molecule has 0 N–H and O–H groups in total. The van der Waals surface area contributed by atoms with Crippen LogP contribution < -0.4 is 0 Å². The van der Waals surface area contributed by atoms with E-state index in [2.05, 4.69) is 36.9 Å². The molecule has 130 valence electrons. The lowest BCUT2D eigenvalue weighted by Crippen LogP contribution is -2.27. The summed E-state index contributed by atoms with van der Waals surface area (Å²) in [6.07, 6.45) is 0. The molecular weight excluding hydrogens is 320 g/mol. The Morgan fingerprint density at radius 2 is 1.54 bits per heavy atom. The molecule has 1 aliphatic rings. The molecule has 4 rings (SSSR count). The highest BCUT2D eigenvalue weighted by molar-refractivity contribution is 6.27. The molecule has 26 heavy (non-hydrogen) atoms. The fraction of sp³-hybridized carbons (Fsp3) is 0.217. The van der Waals surface area contributed by atoms with Crippen molar-refractivity contribution >= 4 is 28.1 Å². The summed E-state index contributed by atoms with van der Waals surface area (Å²) in [6, 6.07) is 18.0. The Hall–Kier alpha value is -2.94. The predicted octanol–water partition coefficient (Wildman–Crippen LogP) is 5.44. The standard InChI is InChI=1S/C23H22N2O/c1-4-25(5-2)15(3)24-21-14-13-17-16-9-6-7-10-18(16)23(26)20-12-8-11-19(21)22(17)20/h6-14H,4-5H2,1-3H3. The van der Waals surface area contributed by atoms with Crippen LogP contribution in [-0.4, -0.2) is 29.6 Å². The Balaban J connectivity index is 1.99. The topological polar surface area (TPSA) is 32.7 Å². The third-order valence-corrected chi connectivity index (χ3v) is 5.23. The van der Waals surface area contributed by atoms with E-state index in [0.29, 0.717) is 0 Å². The van der Waals surface area contributed by atoms with E-state index in [4.69, 9.17) is 4.99 Å². The number of ketones is 1. The van der Waals surface area contributed by atoms with Crippen molar-refractivity contribution in [1.82, 2.24) is 4.90 Å². The van der Waals surface area contributed by atoms with Crippen LogP contribution >= 0.6 is 0 Å². The summed E-state index contributed by atoms with van der Waals surface area (Å²) in [7, 11) is 0. The predicted molar refractivity (Wildman–Crippen MR) is 109 cm³/mol. The molecule has 0 saturated carbocycles. The number of fused-ring (bicyclic) bond motifs is 2. The van der Waals surface area contributed by atoms with Gasteiger partial charge in [0.2, 0.25) is 0 Å². The van der Waals surface area contributed by atoms with Crippen molar-refractivity contribution in [3.8, 4) is 11.1 Å². The van der Waals surface area contributed by atoms with Gasteiger partial charge >= 0.3 is 0 Å². The summed E-state index contributed by atoms with van der Waals surface area (Å²) in [4.78, 5) is 20.1. The molecule has 0 heterocycles. The molecule has 0 bridgehead atoms. The Labute approximate surface area is 154 Å². The highest BCUT2D eigenvalue weighted by Gasteiger charge is 2.25. The van der Waals surface area contributed by atoms with Crippen LogP contribution in [0.3, 0.4) is 0 Å². The molecule has 3 aromatic rings. The van der Waals surface area contributed by atoms with Gasteiger partial charge in [0.05, 0.1) is 5.69 Å². The molecule has 0 atom stereocenters. The zero-order chi connectivity index (χ0) is 18.3. The molecule has 0 aromatic heterocycles. The minimum absolute atomic E-state index is 0.0975. The van der Waals surface area contributed by atoms with Crippen molar-refractivity contribution in [3.63, 3.8) is 0 Å². The van der Waals surface area contributed by atoms with Gasteiger partial charge in [0.1, 0.15) is 5.84 Å². The fourth-order valence-corrected chi connectivity index (χ4v) is 3.89. The van der Waals surface area contributed by atoms with E-state index in [1.54, 1.807) is 0 Å². The Morgan fingerprint density at radius 3 is 2.27 bits per heavy atom. The molecule has 0 saturated heterocycles. The molecule has 1 aliphatic carbocycles. The molecule has 0 amide bonds. The van der Waals surface area contributed by atoms with Crippen molar-refractivity contribution in [2.24, 2.45) is 4.99 Å². The SMILES string of the molecule is CCN(CC)C(C)=Nc1ccc2c3c(cccc13)C(=O)c1ccccc1-2. The van der Waals surface area contributed by atoms with Gasteiger partial charge in [-0.15, -0.1) is 0 Å². The van der Waals surface area contributed by atoms with E-state index in [1.165, 1.54) is 0 Å². The lowest BCUT2D eigenvalue weighted by molar-refractivity contribution is 0.104. The van der Waals surface area contributed by atoms with Gasteiger partial charge in [-0.05, 0) is 38.0 Å². The molecule has 3 aromatic carbocycles. The zero-order valence-corrected chi connectivity index (χ0v) is 15.4. The van der Waals surface area contributed by atoms with E-state index in [-0.39, 0.29) is 5.78 Å². The van der Waals surface area contributed by atoms with Crippen LogP contribution in [0, 0.1) is 0 Å². The molecule has 0 spiro atoms. The second kappa shape index (κ2) is 6.41. The monoisotopic (exact) mass is 342 g/mol. The lowest BCUT2D eigenvalue weighted by atomic mass is 9.82. The summed E-state index contributed by atoms with van der Waals surface area (Å²) >= 11 is 0. The maximum atomic E-state index is 13.0. The fourth-order valence-electron chi connectivity index (χ4n) is 3.89. The van der Waals surface area contributed by atoms with Gasteiger partial charge in [0.25, 0.3) is 0 Å². The maximum absolute atomic E-state index is 13.0. The summed E-state index contributed by atoms with van der Waals surface area (Å²) in [5.41, 5.74) is 4.60. The minimum atomic E-state index is 0.0975. The van der Waals surface area contributed by atoms with E-state index >= 15 is 0 Å². The lowest BCUT2D eigenvalue weighted by Gasteiger charge is -2.22. The van der Waals surface area contributed by atoms with Crippen molar-refractivity contribution in [2.75, 3.05) is 13.1 Å². The number of hydrogen-bond acceptors (Lipinski definition) is 2. The van der Waals surface area contributed by atoms with E-state index in [1.807, 2.05) is 43.3 Å². The Bertz CT molecular complexity index is 1050. The number of aliphatic imine (C=N–C) groups is 1. The Morgan fingerprint density at radius 1 is 0.846 bits per heavy atom. The summed E-state index contributed by atoms with van der Waals surface area (Å²) in [6.45, 7) is 8.17. The van der Waals surface area contributed by atoms with E-state index in [0.717, 1.165) is 57.6 Å². The largest absolute Gasteiger partial charge is 0.361 e. The third-order valence-electron chi connectivity index (χ3n) is 5.23. The first-order valence-electron chi connectivity index (χ1n) is 9.15. The summed E-state index contributed by atoms with van der Waals surface area (Å²) in [5, 5.41) is 2.05. The highest BCUT2D eigenvalue weighted by Crippen LogP contribution is 2.42. The van der Waals surface area contributed by atoms with Crippen LogP contribution in [0.1, 0.15) is 36.7 Å². The first kappa shape index (κ1) is 16.5. The van der Waals surface area contributed by atoms with Crippen molar-refractivity contribution < 1.29 is 4.79 Å². The highest BCUT2D eigenvalue weighted by atomic mass is 16.1. The number of carbonyl (C=O) groups is 1. The second-order valence-electron chi connectivity index (χ2n) is 6.57. The van der Waals surface area contributed by atoms with Gasteiger partial charge in [0, 0.05) is 35.0 Å². The molecule has 0 unspecified atom stereocenters. The number of benzene rings is 3. The number of hydrogen-bond donors (Lipinski definition) is 0. The molecule has 3 nitrogen and oxygen atoms in total. The number of amidine groups is 1. The minimum Gasteiger partial charge on any atom is -0.361 e. The molecule has 0 radical (unpaired) electrons. The number of nitrogens with zero attached hydrogens (tertiary/aromatic N) is 2. The number of rotatable bonds is 3. The van der Waals surface area contributed by atoms with Gasteiger partial charge in [-0.2, -0.15) is 0 Å². The van der Waals surface area contributed by atoms with Gasteiger partial charge < -0.3 is 4.90 Å². The van der Waals surface area contributed by atoms with Crippen molar-refractivity contribution in [1.29, 1.82) is 0 Å². The first-order valence-corrected chi connectivity index (χ1v) is 9.15.